The summed E-state index contributed by atoms with van der Waals surface area (Å²) in [5.41, 5.74) is 0.606. The summed E-state index contributed by atoms with van der Waals surface area (Å²) >= 11 is 6.10. The summed E-state index contributed by atoms with van der Waals surface area (Å²) in [7, 11) is -1.30. The molecule has 266 valence electrons. The maximum absolute atomic E-state index is 15.4. The first-order chi connectivity index (χ1) is 22.6. The molecule has 0 saturated carbocycles. The van der Waals surface area contributed by atoms with Gasteiger partial charge in [-0.15, -0.1) is 0 Å². The third-order valence-electron chi connectivity index (χ3n) is 8.20. The molecule has 0 bridgehead atoms. The van der Waals surface area contributed by atoms with E-state index in [-0.39, 0.29) is 48.0 Å². The van der Waals surface area contributed by atoms with Crippen LogP contribution < -0.4 is 16.0 Å². The summed E-state index contributed by atoms with van der Waals surface area (Å²) in [5.74, 6) is -1.58. The van der Waals surface area contributed by atoms with Gasteiger partial charge in [0.2, 0.25) is 5.91 Å². The van der Waals surface area contributed by atoms with Crippen LogP contribution in [-0.2, 0) is 31.4 Å². The van der Waals surface area contributed by atoms with E-state index in [9.17, 15) is 22.8 Å². The molecule has 0 aromatic heterocycles. The van der Waals surface area contributed by atoms with E-state index in [2.05, 4.69) is 16.0 Å². The highest BCUT2D eigenvalue weighted by atomic mass is 35.5. The number of benzene rings is 2. The molecule has 0 aliphatic carbocycles. The monoisotopic (exact) mass is 710 g/mol. The largest absolute Gasteiger partial charge is 0.453 e. The Morgan fingerprint density at radius 1 is 1.10 bits per heavy atom. The lowest BCUT2D eigenvalue weighted by molar-refractivity contribution is -0.118. The molecule has 0 spiro atoms. The maximum Gasteiger partial charge on any atom is 0.410 e. The van der Waals surface area contributed by atoms with E-state index in [1.807, 2.05) is 13.8 Å². The van der Waals surface area contributed by atoms with Gasteiger partial charge in [-0.1, -0.05) is 43.6 Å². The van der Waals surface area contributed by atoms with Crippen molar-refractivity contribution in [3.8, 4) is 0 Å². The Hall–Kier alpha value is -3.42. The third kappa shape index (κ3) is 11.6. The summed E-state index contributed by atoms with van der Waals surface area (Å²) in [5, 5.41) is 9.46. The van der Waals surface area contributed by atoms with Gasteiger partial charge in [0.25, 0.3) is 0 Å². The molecule has 1 aliphatic heterocycles. The molecule has 3 N–H and O–H groups in total. The minimum Gasteiger partial charge on any atom is -0.453 e. The standard InChI is InChI=1S/C34H48ClFN4O7S/c1-21(2)29(22-12-14-23(35)15-13-22)30(39-32(42)46-6)31(41)38-28-11-7-10-27(36)26(28)17-16-24-20-40(33(43)47-34(3,4)5)25(19-37-24)9-8-18-48(44)45/h7,10-15,21,24-25,29-30,37,48H,8-9,16-20H2,1-6H3,(H,38,41)(H,39,42)/t24?,25?,29-,30+/m1/s1. The number of amides is 3. The fourth-order valence-corrected chi connectivity index (χ4v) is 6.49. The molecule has 1 fully saturated rings. The highest BCUT2D eigenvalue weighted by molar-refractivity contribution is 7.72. The molecule has 11 nitrogen and oxygen atoms in total. The van der Waals surface area contributed by atoms with Crippen LogP contribution in [0.15, 0.2) is 42.5 Å². The predicted octanol–water partition coefficient (Wildman–Crippen LogP) is 5.48. The number of nitrogens with zero attached hydrogens (tertiary/aromatic N) is 1. The zero-order chi connectivity index (χ0) is 35.6. The second-order valence-corrected chi connectivity index (χ2v) is 14.9. The minimum atomic E-state index is -2.51. The number of ether oxygens (including phenoxy) is 2. The van der Waals surface area contributed by atoms with Crippen LogP contribution in [0.2, 0.25) is 5.02 Å². The van der Waals surface area contributed by atoms with Crippen molar-refractivity contribution in [1.82, 2.24) is 15.5 Å². The number of methoxy groups -OCH3 is 1. The van der Waals surface area contributed by atoms with E-state index < -0.39 is 52.2 Å². The van der Waals surface area contributed by atoms with Crippen molar-refractivity contribution >= 4 is 46.1 Å². The van der Waals surface area contributed by atoms with Crippen LogP contribution >= 0.6 is 11.6 Å². The van der Waals surface area contributed by atoms with Gasteiger partial charge in [0, 0.05) is 53.1 Å². The summed E-state index contributed by atoms with van der Waals surface area (Å²) < 4.78 is 48.0. The quantitative estimate of drug-likeness (QED) is 0.200. The second kappa shape index (κ2) is 17.8. The number of nitrogens with one attached hydrogen (secondary N) is 3. The van der Waals surface area contributed by atoms with Crippen molar-refractivity contribution in [2.24, 2.45) is 5.92 Å². The maximum atomic E-state index is 15.4. The smallest absolute Gasteiger partial charge is 0.410 e. The number of hydrogen-bond donors (Lipinski definition) is 4. The molecule has 3 rings (SSSR count). The third-order valence-corrected chi connectivity index (χ3v) is 9.13. The van der Waals surface area contributed by atoms with Gasteiger partial charge in [-0.05, 0) is 82.2 Å². The molecule has 3 amide bonds. The number of halogens is 2. The Balaban J connectivity index is 1.81. The number of carbonyl (C=O) groups is 3. The van der Waals surface area contributed by atoms with Crippen molar-refractivity contribution in [3.05, 3.63) is 64.4 Å². The lowest BCUT2D eigenvalue weighted by Crippen LogP contribution is -2.59. The van der Waals surface area contributed by atoms with Gasteiger partial charge in [-0.2, -0.15) is 0 Å². The Morgan fingerprint density at radius 3 is 2.40 bits per heavy atom. The van der Waals surface area contributed by atoms with E-state index in [1.54, 1.807) is 56.0 Å². The number of hydrogen-bond acceptors (Lipinski definition) is 8. The van der Waals surface area contributed by atoms with Gasteiger partial charge in [0.1, 0.15) is 28.2 Å². The van der Waals surface area contributed by atoms with Crippen LogP contribution in [0.1, 0.15) is 70.9 Å². The molecule has 1 heterocycles. The van der Waals surface area contributed by atoms with Gasteiger partial charge < -0.3 is 30.3 Å². The molecule has 14 heteroatoms. The Bertz CT molecular complexity index is 1470. The number of anilines is 1. The van der Waals surface area contributed by atoms with Crippen molar-refractivity contribution in [2.45, 2.75) is 89.9 Å². The molecular weight excluding hydrogens is 663 g/mol. The molecular formula is C34H48ClFN4O7S. The number of alkyl carbamates (subject to hydrolysis) is 1. The van der Waals surface area contributed by atoms with Crippen LogP contribution in [0.25, 0.3) is 0 Å². The number of thiol groups is 1. The summed E-state index contributed by atoms with van der Waals surface area (Å²) in [6.07, 6.45) is 0.269. The lowest BCUT2D eigenvalue weighted by atomic mass is 9.82. The van der Waals surface area contributed by atoms with Gasteiger partial charge in [0.05, 0.1) is 7.11 Å². The van der Waals surface area contributed by atoms with E-state index in [0.29, 0.717) is 30.8 Å². The van der Waals surface area contributed by atoms with Crippen molar-refractivity contribution in [2.75, 3.05) is 31.3 Å². The molecule has 2 unspecified atom stereocenters. The van der Waals surface area contributed by atoms with Crippen molar-refractivity contribution in [1.29, 1.82) is 0 Å². The first kappa shape index (κ1) is 39.0. The summed E-state index contributed by atoms with van der Waals surface area (Å²) in [4.78, 5) is 41.0. The van der Waals surface area contributed by atoms with Gasteiger partial charge in [-0.3, -0.25) is 4.79 Å². The van der Waals surface area contributed by atoms with Gasteiger partial charge in [0.15, 0.2) is 0 Å². The zero-order valence-electron chi connectivity index (χ0n) is 28.4. The number of carbonyl (C=O) groups excluding carboxylic acids is 3. The SMILES string of the molecule is COC(=O)N[C@H](C(=O)Nc1cccc(F)c1CCC1CN(C(=O)OC(C)(C)C)C(CCC[SH](=O)=O)CN1)[C@@H](c1ccc(Cl)cc1)C(C)C. The van der Waals surface area contributed by atoms with E-state index >= 15 is 4.39 Å². The van der Waals surface area contributed by atoms with Crippen molar-refractivity contribution in [3.63, 3.8) is 0 Å². The van der Waals surface area contributed by atoms with Crippen molar-refractivity contribution < 1.29 is 36.7 Å². The van der Waals surface area contributed by atoms with E-state index in [0.717, 1.165) is 5.56 Å². The molecule has 1 aliphatic rings. The molecule has 2 aromatic rings. The first-order valence-electron chi connectivity index (χ1n) is 16.1. The average molecular weight is 711 g/mol. The molecule has 2 aromatic carbocycles. The number of rotatable bonds is 13. The highest BCUT2D eigenvalue weighted by Gasteiger charge is 2.36. The fourth-order valence-electron chi connectivity index (χ4n) is 5.93. The van der Waals surface area contributed by atoms with Crippen LogP contribution in [0.5, 0.6) is 0 Å². The van der Waals surface area contributed by atoms with Gasteiger partial charge in [-0.25, -0.2) is 22.4 Å². The number of piperazine rings is 1. The van der Waals surface area contributed by atoms with Crippen LogP contribution in [-0.4, -0.2) is 81.1 Å². The predicted molar refractivity (Wildman–Crippen MR) is 185 cm³/mol. The lowest BCUT2D eigenvalue weighted by Gasteiger charge is -2.41. The minimum absolute atomic E-state index is 0.0345. The normalized spacial score (nSPS) is 17.9. The molecule has 0 radical (unpaired) electrons. The molecule has 48 heavy (non-hydrogen) atoms. The molecule has 4 atom stereocenters. The van der Waals surface area contributed by atoms with Crippen LogP contribution in [0.4, 0.5) is 19.7 Å². The van der Waals surface area contributed by atoms with Gasteiger partial charge >= 0.3 is 12.2 Å². The fraction of sp³-hybridized carbons (Fsp3) is 0.559. The van der Waals surface area contributed by atoms with E-state index in [1.165, 1.54) is 19.2 Å². The topological polar surface area (TPSA) is 143 Å². The van der Waals surface area contributed by atoms with Crippen LogP contribution in [0, 0.1) is 11.7 Å². The Kier molecular flexibility index (Phi) is 14.5. The first-order valence-corrected chi connectivity index (χ1v) is 17.9. The Morgan fingerprint density at radius 2 is 1.79 bits per heavy atom. The van der Waals surface area contributed by atoms with E-state index in [4.69, 9.17) is 21.1 Å². The Labute approximate surface area is 289 Å². The summed E-state index contributed by atoms with van der Waals surface area (Å²) in [6.45, 7) is 9.89. The highest BCUT2D eigenvalue weighted by Crippen LogP contribution is 2.31. The second-order valence-electron chi connectivity index (χ2n) is 13.3. The summed E-state index contributed by atoms with van der Waals surface area (Å²) in [6, 6.07) is 9.90. The van der Waals surface area contributed by atoms with Crippen LogP contribution in [0.3, 0.4) is 0 Å². The molecule has 1 saturated heterocycles. The zero-order valence-corrected chi connectivity index (χ0v) is 30.0. The average Bonchev–Trinajstić information content (AvgIpc) is 3.00.